The van der Waals surface area contributed by atoms with Gasteiger partial charge in [0.1, 0.15) is 16.9 Å². The van der Waals surface area contributed by atoms with Crippen molar-refractivity contribution >= 4 is 17.7 Å². The lowest BCUT2D eigenvalue weighted by Gasteiger charge is -2.37. The molecule has 0 aliphatic carbocycles. The largest absolute Gasteiger partial charge is 0.470 e. The van der Waals surface area contributed by atoms with Gasteiger partial charge in [0.2, 0.25) is 5.88 Å². The smallest absolute Gasteiger partial charge is 0.410 e. The van der Waals surface area contributed by atoms with Crippen molar-refractivity contribution in [2.24, 2.45) is 0 Å². The fraction of sp³-hybridized carbons (Fsp3) is 0.625. The molecule has 0 unspecified atom stereocenters. The van der Waals surface area contributed by atoms with Crippen molar-refractivity contribution in [2.45, 2.75) is 45.0 Å². The van der Waals surface area contributed by atoms with E-state index in [-0.39, 0.29) is 18.3 Å². The number of hydrogen-bond donors (Lipinski definition) is 0. The first-order chi connectivity index (χ1) is 10.8. The van der Waals surface area contributed by atoms with E-state index in [0.717, 1.165) is 0 Å². The molecule has 1 fully saturated rings. The first kappa shape index (κ1) is 17.8. The highest BCUT2D eigenvalue weighted by Gasteiger charge is 2.35. The average Bonchev–Trinajstić information content (AvgIpc) is 2.45. The lowest BCUT2D eigenvalue weighted by atomic mass is 10.1. The highest BCUT2D eigenvalue weighted by atomic mass is 35.5. The van der Waals surface area contributed by atoms with E-state index in [2.05, 4.69) is 4.98 Å². The van der Waals surface area contributed by atoms with Crippen LogP contribution < -0.4 is 4.74 Å². The minimum atomic E-state index is -0.528. The van der Waals surface area contributed by atoms with Crippen LogP contribution in [0.2, 0.25) is 5.15 Å². The van der Waals surface area contributed by atoms with E-state index in [0.29, 0.717) is 30.5 Å². The molecule has 0 radical (unpaired) electrons. The van der Waals surface area contributed by atoms with Gasteiger partial charge in [0, 0.05) is 19.7 Å². The molecular formula is C16H23ClN2O4. The monoisotopic (exact) mass is 342 g/mol. The predicted octanol–water partition coefficient (Wildman–Crippen LogP) is 3.14. The number of carbonyl (C=O) groups excluding carboxylic acids is 1. The predicted molar refractivity (Wildman–Crippen MR) is 86.9 cm³/mol. The third-order valence-electron chi connectivity index (χ3n) is 3.41. The molecule has 0 bridgehead atoms. The Bertz CT molecular complexity index is 547. The maximum absolute atomic E-state index is 12.2. The van der Waals surface area contributed by atoms with Gasteiger partial charge in [-0.2, -0.15) is 0 Å². The normalized spacial score (nSPS) is 21.9. The summed E-state index contributed by atoms with van der Waals surface area (Å²) in [5.41, 5.74) is -0.528. The summed E-state index contributed by atoms with van der Waals surface area (Å²) in [6.45, 7) is 6.47. The number of carbonyl (C=O) groups is 1. The highest BCUT2D eigenvalue weighted by Crippen LogP contribution is 2.22. The van der Waals surface area contributed by atoms with Crippen molar-refractivity contribution in [3.63, 3.8) is 0 Å². The molecule has 7 heteroatoms. The van der Waals surface area contributed by atoms with E-state index >= 15 is 0 Å². The van der Waals surface area contributed by atoms with Crippen molar-refractivity contribution in [1.82, 2.24) is 9.88 Å². The fourth-order valence-corrected chi connectivity index (χ4v) is 2.54. The van der Waals surface area contributed by atoms with Gasteiger partial charge in [-0.1, -0.05) is 17.7 Å². The molecule has 1 aromatic rings. The third kappa shape index (κ3) is 5.25. The number of nitrogens with zero attached hydrogens (tertiary/aromatic N) is 2. The second-order valence-corrected chi connectivity index (χ2v) is 6.83. The summed E-state index contributed by atoms with van der Waals surface area (Å²) in [6.07, 6.45) is -0.123. The second-order valence-electron chi connectivity index (χ2n) is 6.44. The van der Waals surface area contributed by atoms with Crippen LogP contribution in [0.4, 0.5) is 4.79 Å². The summed E-state index contributed by atoms with van der Waals surface area (Å²) >= 11 is 5.88. The highest BCUT2D eigenvalue weighted by molar-refractivity contribution is 6.29. The van der Waals surface area contributed by atoms with E-state index in [4.69, 9.17) is 25.8 Å². The number of amides is 1. The minimum Gasteiger partial charge on any atom is -0.470 e. The molecule has 2 heterocycles. The molecular weight excluding hydrogens is 320 g/mol. The molecule has 6 nitrogen and oxygen atoms in total. The van der Waals surface area contributed by atoms with Crippen LogP contribution in [-0.4, -0.2) is 54.0 Å². The van der Waals surface area contributed by atoms with Crippen molar-refractivity contribution in [3.05, 3.63) is 23.4 Å². The number of pyridine rings is 1. The summed E-state index contributed by atoms with van der Waals surface area (Å²) in [6, 6.07) is 5.17. The number of hydrogen-bond acceptors (Lipinski definition) is 5. The van der Waals surface area contributed by atoms with E-state index in [9.17, 15) is 4.79 Å². The Morgan fingerprint density at radius 1 is 1.35 bits per heavy atom. The third-order valence-corrected chi connectivity index (χ3v) is 3.63. The van der Waals surface area contributed by atoms with E-state index < -0.39 is 5.60 Å². The molecule has 0 saturated carbocycles. The summed E-state index contributed by atoms with van der Waals surface area (Å²) in [7, 11) is 1.63. The van der Waals surface area contributed by atoms with Crippen molar-refractivity contribution < 1.29 is 19.0 Å². The summed E-state index contributed by atoms with van der Waals surface area (Å²) in [5, 5.41) is 0.358. The second kappa shape index (κ2) is 7.36. The molecule has 0 N–H and O–H groups in total. The Morgan fingerprint density at radius 2 is 2.09 bits per heavy atom. The van der Waals surface area contributed by atoms with Crippen LogP contribution in [0.15, 0.2) is 18.2 Å². The van der Waals surface area contributed by atoms with Gasteiger partial charge in [-0.15, -0.1) is 0 Å². The number of ether oxygens (including phenoxy) is 3. The Labute approximate surface area is 141 Å². The SMILES string of the molecule is CO[C@H]1CCN(C(=O)OC(C)(C)C)C[C@H]1Oc1cccc(Cl)n1. The van der Waals surface area contributed by atoms with Gasteiger partial charge in [-0.25, -0.2) is 9.78 Å². The minimum absolute atomic E-state index is 0.116. The molecule has 23 heavy (non-hydrogen) atoms. The Kier molecular flexibility index (Phi) is 5.70. The Hall–Kier alpha value is -1.53. The van der Waals surface area contributed by atoms with Crippen LogP contribution in [-0.2, 0) is 9.47 Å². The molecule has 0 aromatic carbocycles. The zero-order valence-electron chi connectivity index (χ0n) is 13.9. The lowest BCUT2D eigenvalue weighted by molar-refractivity contribution is -0.0550. The quantitative estimate of drug-likeness (QED) is 0.790. The molecule has 128 valence electrons. The van der Waals surface area contributed by atoms with Crippen LogP contribution in [0.3, 0.4) is 0 Å². The van der Waals surface area contributed by atoms with Gasteiger partial charge >= 0.3 is 6.09 Å². The summed E-state index contributed by atoms with van der Waals surface area (Å²) < 4.78 is 16.8. The summed E-state index contributed by atoms with van der Waals surface area (Å²) in [4.78, 5) is 18.0. The Balaban J connectivity index is 2.05. The number of halogens is 1. The number of likely N-dealkylation sites (tertiary alicyclic amines) is 1. The molecule has 2 rings (SSSR count). The van der Waals surface area contributed by atoms with E-state index in [1.165, 1.54) is 0 Å². The maximum atomic E-state index is 12.2. The van der Waals surface area contributed by atoms with E-state index in [1.807, 2.05) is 20.8 Å². The molecule has 1 saturated heterocycles. The van der Waals surface area contributed by atoms with Gasteiger partial charge in [-0.3, -0.25) is 0 Å². The van der Waals surface area contributed by atoms with Crippen molar-refractivity contribution in [3.8, 4) is 5.88 Å². The molecule has 1 aromatic heterocycles. The average molecular weight is 343 g/mol. The van der Waals surface area contributed by atoms with Gasteiger partial charge in [0.05, 0.1) is 12.6 Å². The van der Waals surface area contributed by atoms with Gasteiger partial charge in [0.25, 0.3) is 0 Å². The molecule has 1 aliphatic heterocycles. The molecule has 1 amide bonds. The first-order valence-corrected chi connectivity index (χ1v) is 7.96. The van der Waals surface area contributed by atoms with Crippen molar-refractivity contribution in [2.75, 3.05) is 20.2 Å². The van der Waals surface area contributed by atoms with Gasteiger partial charge in [-0.05, 0) is 33.3 Å². The van der Waals surface area contributed by atoms with Crippen LogP contribution in [0, 0.1) is 0 Å². The van der Waals surface area contributed by atoms with E-state index in [1.54, 1.807) is 30.2 Å². The number of aromatic nitrogens is 1. The fourth-order valence-electron chi connectivity index (χ4n) is 2.38. The van der Waals surface area contributed by atoms with Crippen LogP contribution in [0.1, 0.15) is 27.2 Å². The zero-order valence-corrected chi connectivity index (χ0v) is 14.7. The lowest BCUT2D eigenvalue weighted by Crippen LogP contribution is -2.53. The number of rotatable bonds is 3. The van der Waals surface area contributed by atoms with Gasteiger partial charge < -0.3 is 19.1 Å². The zero-order chi connectivity index (χ0) is 17.0. The molecule has 2 atom stereocenters. The summed E-state index contributed by atoms with van der Waals surface area (Å²) in [5.74, 6) is 0.413. The van der Waals surface area contributed by atoms with Gasteiger partial charge in [0.15, 0.2) is 0 Å². The molecule has 1 aliphatic rings. The standard InChI is InChI=1S/C16H23ClN2O4/c1-16(2,3)23-15(20)19-9-8-11(21-4)12(10-19)22-14-7-5-6-13(17)18-14/h5-7,11-12H,8-10H2,1-4H3/t11-,12+/m0/s1. The van der Waals surface area contributed by atoms with Crippen molar-refractivity contribution in [1.29, 1.82) is 0 Å². The Morgan fingerprint density at radius 3 is 2.70 bits per heavy atom. The number of piperidine rings is 1. The first-order valence-electron chi connectivity index (χ1n) is 7.58. The molecule has 0 spiro atoms. The maximum Gasteiger partial charge on any atom is 0.410 e. The topological polar surface area (TPSA) is 60.9 Å². The van der Waals surface area contributed by atoms with Crippen LogP contribution >= 0.6 is 11.6 Å². The van der Waals surface area contributed by atoms with Crippen LogP contribution in [0.5, 0.6) is 5.88 Å². The number of methoxy groups -OCH3 is 1. The van der Waals surface area contributed by atoms with Crippen LogP contribution in [0.25, 0.3) is 0 Å².